The zero-order valence-electron chi connectivity index (χ0n) is 11.8. The minimum Gasteiger partial charge on any atom is -0.384 e. The van der Waals surface area contributed by atoms with E-state index in [9.17, 15) is 9.59 Å². The molecule has 0 unspecified atom stereocenters. The first kappa shape index (κ1) is 14.3. The third kappa shape index (κ3) is 4.22. The van der Waals surface area contributed by atoms with Crippen molar-refractivity contribution in [2.45, 2.75) is 25.3 Å². The molecule has 0 atom stereocenters. The van der Waals surface area contributed by atoms with Crippen molar-refractivity contribution in [2.24, 2.45) is 0 Å². The van der Waals surface area contributed by atoms with Crippen molar-refractivity contribution in [2.75, 3.05) is 26.0 Å². The lowest BCUT2D eigenvalue weighted by Gasteiger charge is -2.11. The minimum atomic E-state index is -0.139. The molecule has 1 heterocycles. The molecule has 20 heavy (non-hydrogen) atoms. The highest BCUT2D eigenvalue weighted by Crippen LogP contribution is 2.18. The first-order valence-corrected chi connectivity index (χ1v) is 6.77. The topological polar surface area (TPSA) is 74.3 Å². The van der Waals surface area contributed by atoms with E-state index in [1.807, 2.05) is 0 Å². The largest absolute Gasteiger partial charge is 0.384 e. The van der Waals surface area contributed by atoms with Gasteiger partial charge in [0.2, 0.25) is 5.91 Å². The molecule has 1 aliphatic carbocycles. The molecule has 1 aromatic rings. The van der Waals surface area contributed by atoms with Crippen molar-refractivity contribution in [3.05, 3.63) is 24.0 Å². The third-order valence-corrected chi connectivity index (χ3v) is 3.01. The van der Waals surface area contributed by atoms with Gasteiger partial charge in [0, 0.05) is 45.0 Å². The van der Waals surface area contributed by atoms with Crippen molar-refractivity contribution in [1.82, 2.24) is 15.2 Å². The van der Waals surface area contributed by atoms with Crippen LogP contribution in [0.25, 0.3) is 0 Å². The minimum absolute atomic E-state index is 0.0682. The Morgan fingerprint density at radius 3 is 2.80 bits per heavy atom. The van der Waals surface area contributed by atoms with Crippen LogP contribution in [-0.4, -0.2) is 48.4 Å². The second-order valence-electron chi connectivity index (χ2n) is 5.15. The number of amides is 2. The molecule has 0 radical (unpaired) electrons. The van der Waals surface area contributed by atoms with Gasteiger partial charge in [-0.1, -0.05) is 0 Å². The Morgan fingerprint density at radius 2 is 2.15 bits per heavy atom. The van der Waals surface area contributed by atoms with E-state index >= 15 is 0 Å². The molecule has 1 aromatic heterocycles. The van der Waals surface area contributed by atoms with Gasteiger partial charge in [-0.2, -0.15) is 0 Å². The van der Waals surface area contributed by atoms with Gasteiger partial charge >= 0.3 is 0 Å². The van der Waals surface area contributed by atoms with E-state index in [1.54, 1.807) is 32.4 Å². The maximum absolute atomic E-state index is 11.8. The van der Waals surface area contributed by atoms with Crippen LogP contribution in [0.1, 0.15) is 29.8 Å². The van der Waals surface area contributed by atoms with Gasteiger partial charge in [0.05, 0.1) is 0 Å². The van der Waals surface area contributed by atoms with Crippen LogP contribution in [0.2, 0.25) is 0 Å². The number of aromatic nitrogens is 1. The molecule has 0 bridgehead atoms. The second-order valence-corrected chi connectivity index (χ2v) is 5.15. The van der Waals surface area contributed by atoms with Gasteiger partial charge in [-0.25, -0.2) is 0 Å². The zero-order valence-corrected chi connectivity index (χ0v) is 11.8. The summed E-state index contributed by atoms with van der Waals surface area (Å²) in [6.07, 6.45) is 4.21. The highest BCUT2D eigenvalue weighted by Gasteiger charge is 2.22. The Hall–Kier alpha value is -2.11. The number of nitrogens with zero attached hydrogens (tertiary/aromatic N) is 2. The monoisotopic (exact) mass is 276 g/mol. The van der Waals surface area contributed by atoms with Crippen molar-refractivity contribution in [3.8, 4) is 0 Å². The molecule has 1 saturated carbocycles. The first-order chi connectivity index (χ1) is 9.56. The summed E-state index contributed by atoms with van der Waals surface area (Å²) in [5, 5.41) is 6.06. The molecule has 6 nitrogen and oxygen atoms in total. The number of rotatable bonds is 6. The fourth-order valence-corrected chi connectivity index (χ4v) is 1.73. The second kappa shape index (κ2) is 6.36. The summed E-state index contributed by atoms with van der Waals surface area (Å²) in [5.74, 6) is -0.0706. The van der Waals surface area contributed by atoms with Crippen LogP contribution >= 0.6 is 0 Å². The fourth-order valence-electron chi connectivity index (χ4n) is 1.73. The van der Waals surface area contributed by atoms with E-state index in [4.69, 9.17) is 0 Å². The average molecular weight is 276 g/mol. The Kier molecular flexibility index (Phi) is 4.55. The predicted molar refractivity (Wildman–Crippen MR) is 76.5 cm³/mol. The summed E-state index contributed by atoms with van der Waals surface area (Å²) in [6, 6.07) is 3.87. The molecule has 2 rings (SSSR count). The highest BCUT2D eigenvalue weighted by molar-refractivity contribution is 5.92. The van der Waals surface area contributed by atoms with Crippen LogP contribution in [-0.2, 0) is 4.79 Å². The number of hydrogen-bond acceptors (Lipinski definition) is 4. The first-order valence-electron chi connectivity index (χ1n) is 6.77. The summed E-state index contributed by atoms with van der Waals surface area (Å²) in [4.78, 5) is 28.8. The van der Waals surface area contributed by atoms with Crippen LogP contribution < -0.4 is 10.6 Å². The molecule has 0 aromatic carbocycles. The number of anilines is 1. The molecule has 1 fully saturated rings. The SMILES string of the molecule is CN(C)C(=O)c1cc(NCCC(=O)NC2CC2)ccn1. The zero-order chi connectivity index (χ0) is 14.5. The van der Waals surface area contributed by atoms with E-state index in [0.717, 1.165) is 18.5 Å². The molecule has 0 aliphatic heterocycles. The number of hydrogen-bond donors (Lipinski definition) is 2. The Morgan fingerprint density at radius 1 is 1.40 bits per heavy atom. The third-order valence-electron chi connectivity index (χ3n) is 3.01. The Balaban J connectivity index is 1.81. The van der Waals surface area contributed by atoms with Gasteiger partial charge in [-0.15, -0.1) is 0 Å². The van der Waals surface area contributed by atoms with E-state index in [1.165, 1.54) is 4.90 Å². The van der Waals surface area contributed by atoms with Crippen LogP contribution in [0, 0.1) is 0 Å². The number of carbonyl (C=O) groups is 2. The van der Waals surface area contributed by atoms with Crippen molar-refractivity contribution in [3.63, 3.8) is 0 Å². The van der Waals surface area contributed by atoms with Crippen molar-refractivity contribution in [1.29, 1.82) is 0 Å². The standard InChI is InChI=1S/C14H20N4O2/c1-18(2)14(20)12-9-11(5-7-16-12)15-8-6-13(19)17-10-3-4-10/h5,7,9-10H,3-4,6,8H2,1-2H3,(H,15,16)(H,17,19). The molecule has 1 aliphatic rings. The number of carbonyl (C=O) groups excluding carboxylic acids is 2. The molecule has 108 valence electrons. The van der Waals surface area contributed by atoms with Gasteiger partial charge in [0.25, 0.3) is 5.91 Å². The Labute approximate surface area is 118 Å². The molecular weight excluding hydrogens is 256 g/mol. The molecule has 2 amide bonds. The van der Waals surface area contributed by atoms with Gasteiger partial charge in [-0.3, -0.25) is 14.6 Å². The van der Waals surface area contributed by atoms with Gasteiger partial charge in [0.1, 0.15) is 5.69 Å². The molecule has 2 N–H and O–H groups in total. The predicted octanol–water partition coefficient (Wildman–Crippen LogP) is 0.864. The summed E-state index contributed by atoms with van der Waals surface area (Å²) in [5.41, 5.74) is 1.19. The lowest BCUT2D eigenvalue weighted by atomic mass is 10.3. The quantitative estimate of drug-likeness (QED) is 0.808. The van der Waals surface area contributed by atoms with E-state index in [0.29, 0.717) is 24.7 Å². The fraction of sp³-hybridized carbons (Fsp3) is 0.500. The van der Waals surface area contributed by atoms with Gasteiger partial charge in [-0.05, 0) is 25.0 Å². The van der Waals surface area contributed by atoms with Crippen molar-refractivity contribution >= 4 is 17.5 Å². The highest BCUT2D eigenvalue weighted by atomic mass is 16.2. The van der Waals surface area contributed by atoms with Crippen LogP contribution in [0.15, 0.2) is 18.3 Å². The summed E-state index contributed by atoms with van der Waals surface area (Å²) < 4.78 is 0. The summed E-state index contributed by atoms with van der Waals surface area (Å²) in [6.45, 7) is 0.540. The molecule has 0 spiro atoms. The van der Waals surface area contributed by atoms with Gasteiger partial charge < -0.3 is 15.5 Å². The maximum atomic E-state index is 11.8. The molecular formula is C14H20N4O2. The summed E-state index contributed by atoms with van der Waals surface area (Å²) in [7, 11) is 3.37. The van der Waals surface area contributed by atoms with Crippen LogP contribution in [0.4, 0.5) is 5.69 Å². The number of pyridine rings is 1. The summed E-state index contributed by atoms with van der Waals surface area (Å²) >= 11 is 0. The maximum Gasteiger partial charge on any atom is 0.272 e. The van der Waals surface area contributed by atoms with E-state index in [-0.39, 0.29) is 11.8 Å². The van der Waals surface area contributed by atoms with E-state index < -0.39 is 0 Å². The molecule has 0 saturated heterocycles. The normalized spacial score (nSPS) is 13.7. The van der Waals surface area contributed by atoms with Gasteiger partial charge in [0.15, 0.2) is 0 Å². The van der Waals surface area contributed by atoms with Crippen LogP contribution in [0.3, 0.4) is 0 Å². The lowest BCUT2D eigenvalue weighted by Crippen LogP contribution is -2.27. The van der Waals surface area contributed by atoms with Crippen LogP contribution in [0.5, 0.6) is 0 Å². The lowest BCUT2D eigenvalue weighted by molar-refractivity contribution is -0.120. The molecule has 6 heteroatoms. The van der Waals surface area contributed by atoms with E-state index in [2.05, 4.69) is 15.6 Å². The number of nitrogens with one attached hydrogen (secondary N) is 2. The smallest absolute Gasteiger partial charge is 0.272 e. The van der Waals surface area contributed by atoms with Crippen molar-refractivity contribution < 1.29 is 9.59 Å². The Bertz CT molecular complexity index is 498. The average Bonchev–Trinajstić information content (AvgIpc) is 3.22.